The fourth-order valence-corrected chi connectivity index (χ4v) is 5.59. The number of para-hydroxylation sites is 1. The van der Waals surface area contributed by atoms with Gasteiger partial charge in [0, 0.05) is 41.6 Å². The maximum absolute atomic E-state index is 14.3. The Morgan fingerprint density at radius 3 is 2.44 bits per heavy atom. The molecule has 0 fully saturated rings. The molecule has 240 valence electrons. The Balaban J connectivity index is 1.70. The minimum absolute atomic E-state index is 0.0457. The van der Waals surface area contributed by atoms with E-state index in [0.717, 1.165) is 21.3 Å². The summed E-state index contributed by atoms with van der Waals surface area (Å²) >= 11 is 3.64. The number of nitrogens with zero attached hydrogens (tertiary/aromatic N) is 1. The highest BCUT2D eigenvalue weighted by Crippen LogP contribution is 2.45. The Kier molecular flexibility index (Phi) is 11.6. The lowest BCUT2D eigenvalue weighted by Gasteiger charge is -2.31. The zero-order valence-corrected chi connectivity index (χ0v) is 27.8. The lowest BCUT2D eigenvalue weighted by atomic mass is 9.83. The van der Waals surface area contributed by atoms with Gasteiger partial charge in [0.25, 0.3) is 5.91 Å². The average Bonchev–Trinajstić information content (AvgIpc) is 3.41. The van der Waals surface area contributed by atoms with Gasteiger partial charge in [-0.1, -0.05) is 52.3 Å². The van der Waals surface area contributed by atoms with E-state index >= 15 is 0 Å². The molecule has 3 aromatic carbocycles. The molecule has 45 heavy (non-hydrogen) atoms. The number of aliphatic imine (C=N–C) groups is 1. The van der Waals surface area contributed by atoms with Gasteiger partial charge in [0.1, 0.15) is 17.1 Å². The van der Waals surface area contributed by atoms with Crippen LogP contribution in [0.2, 0.25) is 0 Å². The van der Waals surface area contributed by atoms with Gasteiger partial charge in [-0.3, -0.25) is 9.59 Å². The Morgan fingerprint density at radius 1 is 1.04 bits per heavy atom. The van der Waals surface area contributed by atoms with Gasteiger partial charge >= 0.3 is 5.97 Å². The molecule has 0 radical (unpaired) electrons. The zero-order chi connectivity index (χ0) is 32.5. The van der Waals surface area contributed by atoms with E-state index in [1.165, 1.54) is 0 Å². The minimum Gasteiger partial charge on any atom is -0.496 e. The molecular weight excluding hydrogens is 640 g/mol. The molecule has 2 N–H and O–H groups in total. The van der Waals surface area contributed by atoms with Crippen molar-refractivity contribution in [1.82, 2.24) is 5.32 Å². The molecule has 1 amide bonds. The summed E-state index contributed by atoms with van der Waals surface area (Å²) in [6, 6.07) is 22.4. The molecule has 0 saturated carbocycles. The quantitative estimate of drug-likeness (QED) is 0.160. The highest BCUT2D eigenvalue weighted by molar-refractivity contribution is 9.10. The number of amides is 1. The van der Waals surface area contributed by atoms with E-state index in [1.54, 1.807) is 40.0 Å². The molecule has 0 bridgehead atoms. The number of ether oxygens (including phenoxy) is 4. The van der Waals surface area contributed by atoms with Gasteiger partial charge in [0.2, 0.25) is 5.90 Å². The fourth-order valence-electron chi connectivity index (χ4n) is 5.09. The molecule has 0 aliphatic carbocycles. The van der Waals surface area contributed by atoms with Crippen molar-refractivity contribution < 1.29 is 33.6 Å². The highest BCUT2D eigenvalue weighted by Gasteiger charge is 2.53. The third-order valence-electron chi connectivity index (χ3n) is 7.22. The lowest BCUT2D eigenvalue weighted by Crippen LogP contribution is -2.49. The van der Waals surface area contributed by atoms with Crippen LogP contribution >= 0.6 is 15.9 Å². The third-order valence-corrected chi connectivity index (χ3v) is 7.94. The molecule has 3 aromatic rings. The zero-order valence-electron chi connectivity index (χ0n) is 26.2. The number of carbonyl (C=O) groups is 2. The molecule has 4 rings (SSSR count). The van der Waals surface area contributed by atoms with Crippen LogP contribution in [0.3, 0.4) is 0 Å². The van der Waals surface area contributed by atoms with Crippen LogP contribution in [0.15, 0.2) is 82.3 Å². The van der Waals surface area contributed by atoms with Crippen LogP contribution in [0.4, 0.5) is 0 Å². The summed E-state index contributed by atoms with van der Waals surface area (Å²) in [6.45, 7) is 6.18. The number of rotatable bonds is 14. The molecule has 2 atom stereocenters. The molecule has 9 nitrogen and oxygen atoms in total. The number of carbonyl (C=O) groups excluding carboxylic acids is 2. The van der Waals surface area contributed by atoms with E-state index in [2.05, 4.69) is 21.2 Å². The summed E-state index contributed by atoms with van der Waals surface area (Å²) in [6.07, 6.45) is 0.234. The van der Waals surface area contributed by atoms with Crippen LogP contribution in [0.25, 0.3) is 0 Å². The predicted molar refractivity (Wildman–Crippen MR) is 176 cm³/mol. The van der Waals surface area contributed by atoms with E-state index in [4.69, 9.17) is 29.0 Å². The summed E-state index contributed by atoms with van der Waals surface area (Å²) in [5, 5.41) is 12.1. The normalized spacial score (nSPS) is 17.6. The number of benzene rings is 3. The van der Waals surface area contributed by atoms with Gasteiger partial charge in [0.15, 0.2) is 11.6 Å². The number of halogens is 1. The Bertz CT molecular complexity index is 1490. The van der Waals surface area contributed by atoms with Crippen molar-refractivity contribution in [3.05, 3.63) is 94.0 Å². The van der Waals surface area contributed by atoms with Gasteiger partial charge in [-0.05, 0) is 75.6 Å². The summed E-state index contributed by atoms with van der Waals surface area (Å²) in [4.78, 5) is 32.3. The number of methoxy groups -OCH3 is 1. The van der Waals surface area contributed by atoms with Crippen molar-refractivity contribution in [2.45, 2.75) is 63.7 Å². The maximum Gasteiger partial charge on any atom is 0.306 e. The van der Waals surface area contributed by atoms with Crippen LogP contribution in [-0.4, -0.2) is 60.9 Å². The first kappa shape index (κ1) is 34.0. The van der Waals surface area contributed by atoms with Crippen LogP contribution < -0.4 is 14.8 Å². The van der Waals surface area contributed by atoms with E-state index in [0.29, 0.717) is 37.3 Å². The van der Waals surface area contributed by atoms with E-state index in [-0.39, 0.29) is 31.3 Å². The second kappa shape index (κ2) is 15.4. The number of esters is 1. The molecule has 1 aliphatic rings. The van der Waals surface area contributed by atoms with Gasteiger partial charge in [-0.15, -0.1) is 0 Å². The first-order valence-corrected chi connectivity index (χ1v) is 15.8. The Hall–Kier alpha value is -3.89. The second-order valence-electron chi connectivity index (χ2n) is 11.7. The number of aliphatic hydroxyl groups is 1. The third kappa shape index (κ3) is 8.85. The summed E-state index contributed by atoms with van der Waals surface area (Å²) in [7, 11) is 1.62. The van der Waals surface area contributed by atoms with Crippen LogP contribution in [0.5, 0.6) is 11.5 Å². The molecular formula is C35H41BrN2O7. The smallest absolute Gasteiger partial charge is 0.306 e. The van der Waals surface area contributed by atoms with Crippen LogP contribution in [-0.2, 0) is 25.5 Å². The van der Waals surface area contributed by atoms with Crippen molar-refractivity contribution >= 4 is 33.7 Å². The van der Waals surface area contributed by atoms with E-state index in [1.807, 2.05) is 60.7 Å². The minimum atomic E-state index is -1.48. The lowest BCUT2D eigenvalue weighted by molar-refractivity contribution is -0.155. The number of hydrogen-bond acceptors (Lipinski definition) is 8. The molecule has 0 saturated heterocycles. The fraction of sp³-hybridized carbons (Fsp3) is 0.400. The van der Waals surface area contributed by atoms with Crippen LogP contribution in [0, 0.1) is 0 Å². The van der Waals surface area contributed by atoms with Crippen molar-refractivity contribution in [1.29, 1.82) is 0 Å². The first-order valence-electron chi connectivity index (χ1n) is 15.0. The Labute approximate surface area is 273 Å². The average molecular weight is 682 g/mol. The monoisotopic (exact) mass is 680 g/mol. The molecule has 0 spiro atoms. The van der Waals surface area contributed by atoms with Gasteiger partial charge in [0.05, 0.1) is 13.7 Å². The predicted octanol–water partition coefficient (Wildman–Crippen LogP) is 5.96. The SMILES string of the molecule is COc1ccccc1CCNC(=O)[C@]1(CCC(=O)OC(C)(C)C)N=C(c2ccc(OCCCO)cc2)O[C@@H]1c1ccccc1Br. The number of aliphatic hydroxyl groups excluding tert-OH is 1. The molecule has 0 unspecified atom stereocenters. The second-order valence-corrected chi connectivity index (χ2v) is 12.6. The van der Waals surface area contributed by atoms with Gasteiger partial charge < -0.3 is 29.4 Å². The number of hydrogen-bond donors (Lipinski definition) is 2. The number of nitrogens with one attached hydrogen (secondary N) is 1. The van der Waals surface area contributed by atoms with Gasteiger partial charge in [-0.2, -0.15) is 0 Å². The van der Waals surface area contributed by atoms with Crippen LogP contribution in [0.1, 0.15) is 62.8 Å². The van der Waals surface area contributed by atoms with Crippen molar-refractivity contribution in [2.75, 3.05) is 26.9 Å². The van der Waals surface area contributed by atoms with E-state index < -0.39 is 23.2 Å². The Morgan fingerprint density at radius 2 is 1.76 bits per heavy atom. The molecule has 10 heteroatoms. The van der Waals surface area contributed by atoms with E-state index in [9.17, 15) is 9.59 Å². The standard InChI is InChI=1S/C35H41BrN2O7/c1-34(2,3)45-30(40)18-20-35(33(41)37-21-19-24-10-5-8-13-29(24)42-4)31(27-11-6-7-12-28(27)36)44-32(38-35)25-14-16-26(17-15-25)43-23-9-22-39/h5-8,10-17,31,39H,9,18-23H2,1-4H3,(H,37,41)/t31-,35-/m1/s1. The van der Waals surface area contributed by atoms with Crippen molar-refractivity contribution in [2.24, 2.45) is 4.99 Å². The molecule has 1 heterocycles. The summed E-state index contributed by atoms with van der Waals surface area (Å²) in [5.41, 5.74) is 0.183. The summed E-state index contributed by atoms with van der Waals surface area (Å²) < 4.78 is 24.1. The first-order chi connectivity index (χ1) is 21.6. The van der Waals surface area contributed by atoms with Gasteiger partial charge in [-0.25, -0.2) is 4.99 Å². The maximum atomic E-state index is 14.3. The van der Waals surface area contributed by atoms with Crippen molar-refractivity contribution in [3.8, 4) is 11.5 Å². The largest absolute Gasteiger partial charge is 0.496 e. The topological polar surface area (TPSA) is 116 Å². The molecule has 1 aliphatic heterocycles. The molecule has 0 aromatic heterocycles. The summed E-state index contributed by atoms with van der Waals surface area (Å²) in [5.74, 6) is 0.870. The van der Waals surface area contributed by atoms with Crippen molar-refractivity contribution in [3.63, 3.8) is 0 Å². The highest BCUT2D eigenvalue weighted by atomic mass is 79.9.